The number of carbonyl (C=O) groups is 3. The molecule has 3 amide bonds. The molecule has 6 heterocycles. The monoisotopic (exact) mass is 1050 g/mol. The number of methoxy groups -OCH3 is 2. The van der Waals surface area contributed by atoms with Crippen LogP contribution in [0.4, 0.5) is 51.1 Å². The smallest absolute Gasteiger partial charge is 0.410 e. The van der Waals surface area contributed by atoms with Crippen molar-refractivity contribution in [2.24, 2.45) is 0 Å². The summed E-state index contributed by atoms with van der Waals surface area (Å²) in [5.74, 6) is 2.46. The second-order valence-electron chi connectivity index (χ2n) is 19.5. The quantitative estimate of drug-likeness (QED) is 0.0494. The fourth-order valence-electron chi connectivity index (χ4n) is 8.65. The molecule has 2 aliphatic rings. The Hall–Kier alpha value is -9.69. The molecular formula is C58H60N14O6. The van der Waals surface area contributed by atoms with Crippen LogP contribution in [0.2, 0.25) is 0 Å². The summed E-state index contributed by atoms with van der Waals surface area (Å²) in [6, 6.07) is 34.8. The van der Waals surface area contributed by atoms with Gasteiger partial charge in [-0.05, 0) is 99.6 Å². The largest absolute Gasteiger partial charge is 0.479 e. The first-order valence-corrected chi connectivity index (χ1v) is 25.1. The molecule has 2 aliphatic heterocycles. The minimum Gasteiger partial charge on any atom is -0.479 e. The Balaban J connectivity index is 0.000000192. The van der Waals surface area contributed by atoms with E-state index in [2.05, 4.69) is 76.9 Å². The molecule has 8 aromatic rings. The van der Waals surface area contributed by atoms with Gasteiger partial charge >= 0.3 is 6.09 Å². The van der Waals surface area contributed by atoms with Crippen LogP contribution in [0.25, 0.3) is 44.1 Å². The lowest BCUT2D eigenvalue weighted by atomic mass is 10.0. The van der Waals surface area contributed by atoms with Gasteiger partial charge in [0, 0.05) is 71.8 Å². The molecule has 6 N–H and O–H groups in total. The summed E-state index contributed by atoms with van der Waals surface area (Å²) < 4.78 is 16.5. The van der Waals surface area contributed by atoms with Gasteiger partial charge in [0.25, 0.3) is 0 Å². The topological polar surface area (TPSA) is 235 Å². The van der Waals surface area contributed by atoms with Crippen LogP contribution in [0.15, 0.2) is 147 Å². The third-order valence-corrected chi connectivity index (χ3v) is 12.4. The average molecular weight is 1050 g/mol. The third-order valence-electron chi connectivity index (χ3n) is 12.4. The van der Waals surface area contributed by atoms with Crippen molar-refractivity contribution in [1.29, 1.82) is 0 Å². The molecule has 0 radical (unpaired) electrons. The standard InChI is InChI=1S/C31H33N7O4.C27H27N7O2/c1-6-26(39)34-21-11-7-9-19(15-21)23-12-8-10-20-16-32-29(37-27(20)23)35-24-13-14-25(36-28(24)41-5)33-22-17-38(18-22)30(40)42-31(2,3)4;1-4-24(35)30-19-9-5-7-17(13-19)21-10-6-8-18-14-28-27(33-25(18)21)31-22-11-12-23(32-26(22)36-3)29-20-15-34(2)16-20/h6-16,22H,1,17-18H2,2-5H3,(H,33,36)(H,34,39)(H,32,35,37);4-14,20H,1,15-16H2,2-3H3,(H,29,32)(H,30,35)(H,28,31,33). The highest BCUT2D eigenvalue weighted by molar-refractivity contribution is 6.01. The molecule has 398 valence electrons. The van der Waals surface area contributed by atoms with Crippen molar-refractivity contribution in [2.45, 2.75) is 38.5 Å². The van der Waals surface area contributed by atoms with Crippen molar-refractivity contribution in [3.63, 3.8) is 0 Å². The molecule has 0 atom stereocenters. The van der Waals surface area contributed by atoms with E-state index in [1.54, 1.807) is 31.5 Å². The van der Waals surface area contributed by atoms with Crippen molar-refractivity contribution >= 4 is 86.0 Å². The molecule has 2 fully saturated rings. The van der Waals surface area contributed by atoms with Crippen molar-refractivity contribution in [2.75, 3.05) is 79.3 Å². The number of rotatable bonds is 16. The summed E-state index contributed by atoms with van der Waals surface area (Å²) in [6.45, 7) is 15.6. The number of amides is 3. The number of likely N-dealkylation sites (tertiary alicyclic amines) is 2. The summed E-state index contributed by atoms with van der Waals surface area (Å²) in [6.07, 6.45) is 5.68. The van der Waals surface area contributed by atoms with Crippen molar-refractivity contribution in [3.05, 3.63) is 147 Å². The fourth-order valence-corrected chi connectivity index (χ4v) is 8.65. The molecule has 20 heteroatoms. The number of hydrogen-bond acceptors (Lipinski definition) is 17. The van der Waals surface area contributed by atoms with E-state index in [1.807, 2.05) is 130 Å². The maximum atomic E-state index is 12.2. The zero-order valence-corrected chi connectivity index (χ0v) is 44.1. The Labute approximate surface area is 451 Å². The van der Waals surface area contributed by atoms with Gasteiger partial charge in [-0.3, -0.25) is 9.59 Å². The molecule has 2 saturated heterocycles. The summed E-state index contributed by atoms with van der Waals surface area (Å²) in [5, 5.41) is 20.6. The molecule has 0 unspecified atom stereocenters. The van der Waals surface area contributed by atoms with Crippen LogP contribution in [0.5, 0.6) is 11.8 Å². The average Bonchev–Trinajstić information content (AvgIpc) is 3.44. The van der Waals surface area contributed by atoms with Crippen molar-refractivity contribution in [1.82, 2.24) is 39.7 Å². The normalized spacial score (nSPS) is 13.4. The van der Waals surface area contributed by atoms with Crippen LogP contribution in [-0.2, 0) is 14.3 Å². The minimum atomic E-state index is -0.529. The van der Waals surface area contributed by atoms with Gasteiger partial charge < -0.3 is 55.9 Å². The van der Waals surface area contributed by atoms with Gasteiger partial charge in [0.1, 0.15) is 28.6 Å². The van der Waals surface area contributed by atoms with E-state index < -0.39 is 5.60 Å². The number of carbonyl (C=O) groups excluding carboxylic acids is 3. The molecule has 0 bridgehead atoms. The van der Waals surface area contributed by atoms with Gasteiger partial charge in [0.2, 0.25) is 35.5 Å². The lowest BCUT2D eigenvalue weighted by Crippen LogP contribution is -2.58. The highest BCUT2D eigenvalue weighted by atomic mass is 16.6. The molecule has 0 saturated carbocycles. The van der Waals surface area contributed by atoms with Gasteiger partial charge in [0.15, 0.2) is 0 Å². The third kappa shape index (κ3) is 13.0. The van der Waals surface area contributed by atoms with Crippen LogP contribution in [-0.4, -0.2) is 123 Å². The number of nitrogens with zero attached hydrogens (tertiary/aromatic N) is 8. The van der Waals surface area contributed by atoms with E-state index in [1.165, 1.54) is 12.2 Å². The highest BCUT2D eigenvalue weighted by Crippen LogP contribution is 2.34. The van der Waals surface area contributed by atoms with Gasteiger partial charge in [-0.2, -0.15) is 9.97 Å². The Morgan fingerprint density at radius 2 is 1.05 bits per heavy atom. The predicted molar refractivity (Wildman–Crippen MR) is 306 cm³/mol. The Bertz CT molecular complexity index is 3540. The summed E-state index contributed by atoms with van der Waals surface area (Å²) in [7, 11) is 5.22. The van der Waals surface area contributed by atoms with Gasteiger partial charge in [-0.15, -0.1) is 0 Å². The zero-order valence-electron chi connectivity index (χ0n) is 44.1. The molecule has 4 aromatic heterocycles. The van der Waals surface area contributed by atoms with Crippen molar-refractivity contribution < 1.29 is 28.6 Å². The molecule has 0 spiro atoms. The van der Waals surface area contributed by atoms with E-state index in [4.69, 9.17) is 24.2 Å². The molecular weight excluding hydrogens is 989 g/mol. The summed E-state index contributed by atoms with van der Waals surface area (Å²) in [5.41, 5.74) is 7.21. The van der Waals surface area contributed by atoms with E-state index in [0.717, 1.165) is 63.0 Å². The molecule has 10 rings (SSSR count). The number of likely N-dealkylation sites (N-methyl/N-ethyl adjacent to an activating group) is 1. The maximum Gasteiger partial charge on any atom is 0.410 e. The number of anilines is 8. The molecule has 0 aliphatic carbocycles. The van der Waals surface area contributed by atoms with Crippen molar-refractivity contribution in [3.8, 4) is 34.0 Å². The number of para-hydroxylation sites is 2. The summed E-state index contributed by atoms with van der Waals surface area (Å²) >= 11 is 0. The number of aromatic nitrogens is 6. The highest BCUT2D eigenvalue weighted by Gasteiger charge is 2.34. The molecule has 20 nitrogen and oxygen atoms in total. The first-order chi connectivity index (χ1) is 37.6. The summed E-state index contributed by atoms with van der Waals surface area (Å²) in [4.78, 5) is 67.4. The van der Waals surface area contributed by atoms with Crippen LogP contribution < -0.4 is 41.4 Å². The Kier molecular flexibility index (Phi) is 16.0. The van der Waals surface area contributed by atoms with E-state index >= 15 is 0 Å². The number of fused-ring (bicyclic) bond motifs is 2. The number of benzene rings is 4. The van der Waals surface area contributed by atoms with Gasteiger partial charge in [0.05, 0.1) is 37.3 Å². The van der Waals surface area contributed by atoms with Crippen LogP contribution in [0.3, 0.4) is 0 Å². The number of pyridine rings is 2. The first-order valence-electron chi connectivity index (χ1n) is 25.1. The second-order valence-corrected chi connectivity index (χ2v) is 19.5. The molecule has 4 aromatic carbocycles. The second kappa shape index (κ2) is 23.5. The van der Waals surface area contributed by atoms with E-state index in [9.17, 15) is 14.4 Å². The van der Waals surface area contributed by atoms with E-state index in [0.29, 0.717) is 71.4 Å². The van der Waals surface area contributed by atoms with Crippen LogP contribution >= 0.6 is 0 Å². The minimum absolute atomic E-state index is 0.0550. The lowest BCUT2D eigenvalue weighted by Gasteiger charge is -2.40. The predicted octanol–water partition coefficient (Wildman–Crippen LogP) is 9.89. The van der Waals surface area contributed by atoms with Crippen LogP contribution in [0, 0.1) is 0 Å². The zero-order chi connectivity index (χ0) is 54.9. The number of nitrogens with one attached hydrogen (secondary N) is 6. The lowest BCUT2D eigenvalue weighted by molar-refractivity contribution is -0.112. The van der Waals surface area contributed by atoms with Gasteiger partial charge in [-0.25, -0.2) is 24.7 Å². The maximum absolute atomic E-state index is 12.2. The molecule has 78 heavy (non-hydrogen) atoms. The van der Waals surface area contributed by atoms with E-state index in [-0.39, 0.29) is 23.9 Å². The van der Waals surface area contributed by atoms with Gasteiger partial charge in [-0.1, -0.05) is 73.8 Å². The Morgan fingerprint density at radius 1 is 0.603 bits per heavy atom. The van der Waals surface area contributed by atoms with Crippen LogP contribution in [0.1, 0.15) is 20.8 Å². The number of ether oxygens (including phenoxy) is 3. The Morgan fingerprint density at radius 3 is 1.47 bits per heavy atom. The fraction of sp³-hybridized carbons (Fsp3) is 0.224. The SMILES string of the molecule is C=CC(=O)Nc1cccc(-c2cccc3cnc(Nc4ccc(NC5CN(C(=O)OC(C)(C)C)C5)nc4OC)nc23)c1.C=CC(=O)Nc1cccc(-c2cccc3cnc(Nc4ccc(NC5CN(C)C5)nc4OC)nc23)c1. The first kappa shape index (κ1) is 53.1. The number of hydrogen-bond donors (Lipinski definition) is 6.